The van der Waals surface area contributed by atoms with E-state index in [2.05, 4.69) is 4.98 Å². The molecule has 0 unspecified atom stereocenters. The van der Waals surface area contributed by atoms with Crippen LogP contribution in [0.1, 0.15) is 28.8 Å². The Kier molecular flexibility index (Phi) is 4.43. The predicted octanol–water partition coefficient (Wildman–Crippen LogP) is 4.36. The quantitative estimate of drug-likeness (QED) is 0.510. The van der Waals surface area contributed by atoms with E-state index in [9.17, 15) is 19.5 Å². The number of nitrogens with zero attached hydrogens (tertiary/aromatic N) is 2. The Morgan fingerprint density at radius 2 is 1.61 bits per heavy atom. The molecule has 0 bridgehead atoms. The third-order valence-electron chi connectivity index (χ3n) is 6.12. The van der Waals surface area contributed by atoms with Crippen LogP contribution in [0, 0.1) is 18.8 Å². The molecule has 31 heavy (non-hydrogen) atoms. The molecule has 154 valence electrons. The van der Waals surface area contributed by atoms with Gasteiger partial charge >= 0.3 is 5.97 Å². The normalized spacial score (nSPS) is 20.4. The van der Waals surface area contributed by atoms with Gasteiger partial charge in [0.25, 0.3) is 0 Å². The lowest BCUT2D eigenvalue weighted by molar-refractivity contribution is -0.122. The molecule has 1 N–H and O–H groups in total. The second kappa shape index (κ2) is 7.16. The van der Waals surface area contributed by atoms with Gasteiger partial charge in [-0.25, -0.2) is 9.78 Å². The number of carbonyl (C=O) groups excluding carboxylic acids is 2. The van der Waals surface area contributed by atoms with Crippen LogP contribution >= 0.6 is 0 Å². The molecule has 6 heteroatoms. The fourth-order valence-electron chi connectivity index (χ4n) is 4.50. The molecule has 3 aromatic rings. The van der Waals surface area contributed by atoms with Crippen LogP contribution in [-0.2, 0) is 9.59 Å². The summed E-state index contributed by atoms with van der Waals surface area (Å²) in [7, 11) is 0. The molecular formula is C25H20N2O4. The number of aromatic nitrogens is 1. The third-order valence-corrected chi connectivity index (χ3v) is 6.12. The number of carboxylic acids is 1. The molecule has 1 aliphatic carbocycles. The first-order chi connectivity index (χ1) is 14.9. The highest BCUT2D eigenvalue weighted by Gasteiger charge is 2.47. The van der Waals surface area contributed by atoms with Crippen LogP contribution in [0.4, 0.5) is 5.69 Å². The van der Waals surface area contributed by atoms with Crippen molar-refractivity contribution in [1.82, 2.24) is 4.98 Å². The number of aromatic carboxylic acids is 1. The van der Waals surface area contributed by atoms with Crippen molar-refractivity contribution in [2.75, 3.05) is 4.90 Å². The third kappa shape index (κ3) is 3.11. The topological polar surface area (TPSA) is 87.6 Å². The maximum Gasteiger partial charge on any atom is 0.336 e. The monoisotopic (exact) mass is 412 g/mol. The molecule has 2 amide bonds. The highest BCUT2D eigenvalue weighted by molar-refractivity contribution is 6.22. The summed E-state index contributed by atoms with van der Waals surface area (Å²) in [5, 5.41) is 10.3. The Balaban J connectivity index is 1.52. The van der Waals surface area contributed by atoms with E-state index in [0.29, 0.717) is 40.7 Å². The number of aryl methyl sites for hydroxylation is 1. The molecule has 2 atom stereocenters. The second-order valence-electron chi connectivity index (χ2n) is 8.10. The van der Waals surface area contributed by atoms with Gasteiger partial charge in [0.05, 0.1) is 34.3 Å². The van der Waals surface area contributed by atoms with E-state index in [-0.39, 0.29) is 29.2 Å². The van der Waals surface area contributed by atoms with E-state index in [0.717, 1.165) is 5.56 Å². The molecule has 1 fully saturated rings. The number of anilines is 1. The van der Waals surface area contributed by atoms with Gasteiger partial charge in [0.15, 0.2) is 0 Å². The molecular weight excluding hydrogens is 392 g/mol. The minimum absolute atomic E-state index is 0.153. The zero-order chi connectivity index (χ0) is 21.7. The van der Waals surface area contributed by atoms with Crippen molar-refractivity contribution in [3.05, 3.63) is 71.8 Å². The molecule has 2 aromatic carbocycles. The molecule has 0 radical (unpaired) electrons. The lowest BCUT2D eigenvalue weighted by Crippen LogP contribution is -2.30. The Labute approximate surface area is 178 Å². The van der Waals surface area contributed by atoms with Gasteiger partial charge in [-0.3, -0.25) is 14.5 Å². The average molecular weight is 412 g/mol. The predicted molar refractivity (Wildman–Crippen MR) is 117 cm³/mol. The van der Waals surface area contributed by atoms with Crippen molar-refractivity contribution in [3.63, 3.8) is 0 Å². The first-order valence-corrected chi connectivity index (χ1v) is 10.2. The zero-order valence-corrected chi connectivity index (χ0v) is 16.9. The van der Waals surface area contributed by atoms with Gasteiger partial charge < -0.3 is 5.11 Å². The maximum atomic E-state index is 12.8. The fourth-order valence-corrected chi connectivity index (χ4v) is 4.50. The van der Waals surface area contributed by atoms with Gasteiger partial charge in [-0.05, 0) is 50.1 Å². The van der Waals surface area contributed by atoms with Crippen LogP contribution < -0.4 is 4.90 Å². The summed E-state index contributed by atoms with van der Waals surface area (Å²) < 4.78 is 0. The summed E-state index contributed by atoms with van der Waals surface area (Å²) in [4.78, 5) is 43.3. The summed E-state index contributed by atoms with van der Waals surface area (Å²) >= 11 is 0. The summed E-state index contributed by atoms with van der Waals surface area (Å²) in [6.45, 7) is 1.91. The van der Waals surface area contributed by atoms with E-state index in [1.165, 1.54) is 4.90 Å². The minimum atomic E-state index is -1.01. The first-order valence-electron chi connectivity index (χ1n) is 10.2. The van der Waals surface area contributed by atoms with Gasteiger partial charge in [0.2, 0.25) is 11.8 Å². The molecule has 2 heterocycles. The number of allylic oxidation sites excluding steroid dienone is 2. The Bertz CT molecular complexity index is 1250. The molecule has 1 saturated heterocycles. The van der Waals surface area contributed by atoms with Crippen LogP contribution in [0.25, 0.3) is 22.2 Å². The van der Waals surface area contributed by atoms with Crippen molar-refractivity contribution in [1.29, 1.82) is 0 Å². The number of benzene rings is 2. The summed E-state index contributed by atoms with van der Waals surface area (Å²) in [6.07, 6.45) is 5.13. The van der Waals surface area contributed by atoms with Crippen molar-refractivity contribution in [3.8, 4) is 11.3 Å². The van der Waals surface area contributed by atoms with Crippen LogP contribution in [0.5, 0.6) is 0 Å². The van der Waals surface area contributed by atoms with Crippen LogP contribution in [0.2, 0.25) is 0 Å². The molecule has 1 aromatic heterocycles. The zero-order valence-electron chi connectivity index (χ0n) is 16.9. The standard InChI is InChI=1S/C25H20N2O4/c1-14-6-11-21-19(12-14)20(25(30)31)13-22(26-21)15-7-9-16(10-8-15)27-23(28)17-4-2-3-5-18(17)24(27)29/h2-3,6-13,17-18H,4-5H2,1H3,(H,30,31)/t17-,18-/m0/s1. The maximum absolute atomic E-state index is 12.8. The number of imide groups is 1. The van der Waals surface area contributed by atoms with Crippen molar-refractivity contribution < 1.29 is 19.5 Å². The smallest absolute Gasteiger partial charge is 0.336 e. The number of pyridine rings is 1. The van der Waals surface area contributed by atoms with Crippen LogP contribution in [-0.4, -0.2) is 27.9 Å². The number of amides is 2. The Morgan fingerprint density at radius 1 is 0.968 bits per heavy atom. The van der Waals surface area contributed by atoms with Gasteiger partial charge in [-0.15, -0.1) is 0 Å². The summed E-state index contributed by atoms with van der Waals surface area (Å²) in [5.41, 5.74) is 3.53. The van der Waals surface area contributed by atoms with E-state index in [4.69, 9.17) is 0 Å². The van der Waals surface area contributed by atoms with Crippen molar-refractivity contribution in [2.24, 2.45) is 11.8 Å². The van der Waals surface area contributed by atoms with Gasteiger partial charge in [0.1, 0.15) is 0 Å². The fraction of sp³-hybridized carbons (Fsp3) is 0.200. The van der Waals surface area contributed by atoms with Crippen molar-refractivity contribution in [2.45, 2.75) is 19.8 Å². The number of carboxylic acid groups (broad SMARTS) is 1. The number of hydrogen-bond donors (Lipinski definition) is 1. The first kappa shape index (κ1) is 19.2. The molecule has 5 rings (SSSR count). The number of fused-ring (bicyclic) bond motifs is 2. The molecule has 6 nitrogen and oxygen atoms in total. The van der Waals surface area contributed by atoms with Crippen molar-refractivity contribution >= 4 is 34.4 Å². The Hall–Kier alpha value is -3.80. The van der Waals surface area contributed by atoms with Gasteiger partial charge in [-0.2, -0.15) is 0 Å². The van der Waals surface area contributed by atoms with E-state index in [1.54, 1.807) is 30.3 Å². The van der Waals surface area contributed by atoms with Gasteiger partial charge in [-0.1, -0.05) is 35.9 Å². The van der Waals surface area contributed by atoms with Crippen LogP contribution in [0.3, 0.4) is 0 Å². The summed E-state index contributed by atoms with van der Waals surface area (Å²) in [5.74, 6) is -1.87. The molecule has 2 aliphatic rings. The lowest BCUT2D eigenvalue weighted by Gasteiger charge is -2.15. The second-order valence-corrected chi connectivity index (χ2v) is 8.10. The summed E-state index contributed by atoms with van der Waals surface area (Å²) in [6, 6.07) is 14.1. The largest absolute Gasteiger partial charge is 0.478 e. The number of rotatable bonds is 3. The SMILES string of the molecule is Cc1ccc2nc(-c3ccc(N4C(=O)[C@H]5CC=CC[C@@H]5C4=O)cc3)cc(C(=O)O)c2c1. The molecule has 1 aliphatic heterocycles. The number of carbonyl (C=O) groups is 3. The van der Waals surface area contributed by atoms with Gasteiger partial charge in [0, 0.05) is 10.9 Å². The highest BCUT2D eigenvalue weighted by Crippen LogP contribution is 2.38. The van der Waals surface area contributed by atoms with Crippen LogP contribution in [0.15, 0.2) is 60.7 Å². The van der Waals surface area contributed by atoms with E-state index in [1.807, 2.05) is 37.3 Å². The van der Waals surface area contributed by atoms with E-state index < -0.39 is 5.97 Å². The molecule has 0 spiro atoms. The minimum Gasteiger partial charge on any atom is -0.478 e. The average Bonchev–Trinajstić information content (AvgIpc) is 3.03. The Morgan fingerprint density at radius 3 is 2.23 bits per heavy atom. The number of hydrogen-bond acceptors (Lipinski definition) is 4. The molecule has 0 saturated carbocycles. The van der Waals surface area contributed by atoms with E-state index >= 15 is 0 Å². The highest BCUT2D eigenvalue weighted by atomic mass is 16.4. The lowest BCUT2D eigenvalue weighted by atomic mass is 9.85.